The van der Waals surface area contributed by atoms with Gasteiger partial charge in [-0.05, 0) is 45.0 Å². The molecule has 0 aliphatic rings. The average Bonchev–Trinajstić information content (AvgIpc) is 2.63. The summed E-state index contributed by atoms with van der Waals surface area (Å²) >= 11 is 0. The highest BCUT2D eigenvalue weighted by Gasteiger charge is 2.19. The zero-order valence-corrected chi connectivity index (χ0v) is 16.8. The lowest BCUT2D eigenvalue weighted by Gasteiger charge is -2.13. The fourth-order valence-corrected chi connectivity index (χ4v) is 3.28. The summed E-state index contributed by atoms with van der Waals surface area (Å²) in [7, 11) is -3.66. The lowest BCUT2D eigenvalue weighted by Crippen LogP contribution is -2.38. The Morgan fingerprint density at radius 2 is 1.71 bits per heavy atom. The van der Waals surface area contributed by atoms with Gasteiger partial charge in [0.05, 0.1) is 4.90 Å². The Bertz CT molecular complexity index is 818. The molecule has 0 unspecified atom stereocenters. The van der Waals surface area contributed by atoms with Crippen molar-refractivity contribution in [1.82, 2.24) is 15.4 Å². The number of carbonyl (C=O) groups is 3. The number of carbonyl (C=O) groups excluding carboxylic acids is 3. The summed E-state index contributed by atoms with van der Waals surface area (Å²) < 4.78 is 31.4. The number of rotatable bonds is 10. The fraction of sp³-hybridized carbons (Fsp3) is 0.389. The van der Waals surface area contributed by atoms with Gasteiger partial charge in [-0.2, -0.15) is 0 Å². The number of sulfonamides is 1. The van der Waals surface area contributed by atoms with Gasteiger partial charge in [0.25, 0.3) is 11.8 Å². The Kier molecular flexibility index (Phi) is 8.80. The van der Waals surface area contributed by atoms with Crippen LogP contribution in [-0.4, -0.2) is 51.4 Å². The van der Waals surface area contributed by atoms with Crippen molar-refractivity contribution in [3.8, 4) is 0 Å². The zero-order valence-electron chi connectivity index (χ0n) is 16.0. The van der Waals surface area contributed by atoms with Crippen LogP contribution in [0.3, 0.4) is 0 Å². The molecule has 0 saturated heterocycles. The standard InChI is InChI=1S/C18H25N3O6S/c1-5-10-19-17(23)13(4)27-16(22)11-20-18(24)14-6-8-15(9-7-14)28(25,26)21-12(2)3/h5-9,12-13,21H,1,10-11H2,2-4H3,(H,19,23)(H,20,24)/t13-/m0/s1. The Morgan fingerprint density at radius 1 is 1.11 bits per heavy atom. The minimum Gasteiger partial charge on any atom is -0.451 e. The van der Waals surface area contributed by atoms with Crippen LogP contribution in [-0.2, 0) is 24.3 Å². The molecule has 9 nitrogen and oxygen atoms in total. The maximum absolute atomic E-state index is 12.1. The van der Waals surface area contributed by atoms with E-state index < -0.39 is 40.5 Å². The summed E-state index contributed by atoms with van der Waals surface area (Å²) in [4.78, 5) is 35.4. The van der Waals surface area contributed by atoms with E-state index in [1.165, 1.54) is 37.3 Å². The average molecular weight is 411 g/mol. The number of esters is 1. The van der Waals surface area contributed by atoms with Crippen LogP contribution in [0, 0.1) is 0 Å². The summed E-state index contributed by atoms with van der Waals surface area (Å²) in [5.74, 6) is -1.84. The molecule has 0 aromatic heterocycles. The fourth-order valence-electron chi connectivity index (χ4n) is 2.03. The molecule has 1 aromatic rings. The molecular weight excluding hydrogens is 386 g/mol. The van der Waals surface area contributed by atoms with Gasteiger partial charge in [-0.25, -0.2) is 13.1 Å². The summed E-state index contributed by atoms with van der Waals surface area (Å²) in [6.45, 7) is 8.06. The first kappa shape index (κ1) is 23.3. The third-order valence-corrected chi connectivity index (χ3v) is 4.98. The van der Waals surface area contributed by atoms with Crippen molar-refractivity contribution in [3.05, 3.63) is 42.5 Å². The Labute approximate surface area is 164 Å². The maximum atomic E-state index is 12.1. The number of benzene rings is 1. The van der Waals surface area contributed by atoms with E-state index >= 15 is 0 Å². The molecule has 0 saturated carbocycles. The van der Waals surface area contributed by atoms with Crippen LogP contribution in [0.2, 0.25) is 0 Å². The second-order valence-electron chi connectivity index (χ2n) is 6.15. The number of hydrogen-bond donors (Lipinski definition) is 3. The van der Waals surface area contributed by atoms with E-state index in [-0.39, 0.29) is 23.0 Å². The number of ether oxygens (including phenoxy) is 1. The topological polar surface area (TPSA) is 131 Å². The number of amides is 2. The number of hydrogen-bond acceptors (Lipinski definition) is 6. The zero-order chi connectivity index (χ0) is 21.3. The van der Waals surface area contributed by atoms with Gasteiger partial charge >= 0.3 is 5.97 Å². The smallest absolute Gasteiger partial charge is 0.326 e. The summed E-state index contributed by atoms with van der Waals surface area (Å²) in [6.07, 6.45) is 0.476. The quantitative estimate of drug-likeness (QED) is 0.376. The first-order chi connectivity index (χ1) is 13.1. The minimum absolute atomic E-state index is 0.0246. The van der Waals surface area contributed by atoms with Crippen molar-refractivity contribution in [3.63, 3.8) is 0 Å². The van der Waals surface area contributed by atoms with Crippen LogP contribution in [0.1, 0.15) is 31.1 Å². The van der Waals surface area contributed by atoms with Crippen LogP contribution >= 0.6 is 0 Å². The molecule has 0 radical (unpaired) electrons. The van der Waals surface area contributed by atoms with Gasteiger partial charge in [0.2, 0.25) is 10.0 Å². The van der Waals surface area contributed by atoms with E-state index in [0.717, 1.165) is 0 Å². The summed E-state index contributed by atoms with van der Waals surface area (Å²) in [5.41, 5.74) is 0.174. The SMILES string of the molecule is C=CCNC(=O)[C@H](C)OC(=O)CNC(=O)c1ccc(S(=O)(=O)NC(C)C)cc1. The first-order valence-electron chi connectivity index (χ1n) is 8.55. The van der Waals surface area contributed by atoms with E-state index in [1.807, 2.05) is 0 Å². The van der Waals surface area contributed by atoms with E-state index in [0.29, 0.717) is 0 Å². The molecule has 10 heteroatoms. The highest BCUT2D eigenvalue weighted by atomic mass is 32.2. The third kappa shape index (κ3) is 7.49. The highest BCUT2D eigenvalue weighted by molar-refractivity contribution is 7.89. The monoisotopic (exact) mass is 411 g/mol. The largest absolute Gasteiger partial charge is 0.451 e. The van der Waals surface area contributed by atoms with Crippen molar-refractivity contribution in [2.75, 3.05) is 13.1 Å². The Morgan fingerprint density at radius 3 is 2.25 bits per heavy atom. The summed E-state index contributed by atoms with van der Waals surface area (Å²) in [5, 5.41) is 4.83. The first-order valence-corrected chi connectivity index (χ1v) is 10.0. The maximum Gasteiger partial charge on any atom is 0.326 e. The normalized spacial score (nSPS) is 12.1. The second kappa shape index (κ2) is 10.6. The molecule has 3 N–H and O–H groups in total. The molecule has 2 amide bonds. The van der Waals surface area contributed by atoms with Crippen molar-refractivity contribution < 1.29 is 27.5 Å². The predicted molar refractivity (Wildman–Crippen MR) is 103 cm³/mol. The molecule has 1 aromatic carbocycles. The molecular formula is C18H25N3O6S. The third-order valence-electron chi connectivity index (χ3n) is 3.31. The Hall–Kier alpha value is -2.72. The molecule has 1 atom stereocenters. The molecule has 154 valence electrons. The molecule has 0 aliphatic carbocycles. The van der Waals surface area contributed by atoms with E-state index in [2.05, 4.69) is 21.9 Å². The number of nitrogens with one attached hydrogen (secondary N) is 3. The molecule has 1 rings (SSSR count). The van der Waals surface area contributed by atoms with Crippen molar-refractivity contribution in [2.45, 2.75) is 37.8 Å². The van der Waals surface area contributed by atoms with Gasteiger partial charge in [-0.3, -0.25) is 14.4 Å². The van der Waals surface area contributed by atoms with Gasteiger partial charge in [0, 0.05) is 18.2 Å². The van der Waals surface area contributed by atoms with Crippen LogP contribution in [0.4, 0.5) is 0 Å². The van der Waals surface area contributed by atoms with Gasteiger partial charge in [-0.1, -0.05) is 6.08 Å². The van der Waals surface area contributed by atoms with E-state index in [1.54, 1.807) is 13.8 Å². The molecule has 28 heavy (non-hydrogen) atoms. The van der Waals surface area contributed by atoms with Gasteiger partial charge in [-0.15, -0.1) is 6.58 Å². The van der Waals surface area contributed by atoms with Crippen LogP contribution < -0.4 is 15.4 Å². The molecule has 0 aliphatic heterocycles. The van der Waals surface area contributed by atoms with Crippen molar-refractivity contribution >= 4 is 27.8 Å². The van der Waals surface area contributed by atoms with Crippen LogP contribution in [0.25, 0.3) is 0 Å². The molecule has 0 spiro atoms. The van der Waals surface area contributed by atoms with Gasteiger partial charge in [0.1, 0.15) is 6.54 Å². The molecule has 0 heterocycles. The lowest BCUT2D eigenvalue weighted by molar-refractivity contribution is -0.153. The van der Waals surface area contributed by atoms with Gasteiger partial charge < -0.3 is 15.4 Å². The van der Waals surface area contributed by atoms with E-state index in [4.69, 9.17) is 4.74 Å². The second-order valence-corrected chi connectivity index (χ2v) is 7.86. The Balaban J connectivity index is 2.58. The molecule has 0 fully saturated rings. The van der Waals surface area contributed by atoms with E-state index in [9.17, 15) is 22.8 Å². The minimum atomic E-state index is -3.66. The van der Waals surface area contributed by atoms with Crippen LogP contribution in [0.15, 0.2) is 41.8 Å². The predicted octanol–water partition coefficient (Wildman–Crippen LogP) is 0.337. The van der Waals surface area contributed by atoms with Gasteiger partial charge in [0.15, 0.2) is 6.10 Å². The molecule has 0 bridgehead atoms. The highest BCUT2D eigenvalue weighted by Crippen LogP contribution is 2.11. The summed E-state index contributed by atoms with van der Waals surface area (Å²) in [6, 6.07) is 5.00. The lowest BCUT2D eigenvalue weighted by atomic mass is 10.2. The van der Waals surface area contributed by atoms with Crippen molar-refractivity contribution in [1.29, 1.82) is 0 Å². The van der Waals surface area contributed by atoms with Crippen LogP contribution in [0.5, 0.6) is 0 Å². The van der Waals surface area contributed by atoms with Crippen molar-refractivity contribution in [2.24, 2.45) is 0 Å².